The topological polar surface area (TPSA) is 24.1 Å². The van der Waals surface area contributed by atoms with E-state index in [1.165, 1.54) is 64.3 Å². The molecule has 2 heteroatoms. The molecule has 0 spiro atoms. The maximum atomic E-state index is 3.77. The molecule has 2 rings (SSSR count). The summed E-state index contributed by atoms with van der Waals surface area (Å²) in [5.41, 5.74) is 0. The highest BCUT2D eigenvalue weighted by Gasteiger charge is 2.23. The summed E-state index contributed by atoms with van der Waals surface area (Å²) in [6.07, 6.45) is 12.9. The van der Waals surface area contributed by atoms with Crippen molar-refractivity contribution in [1.82, 2.24) is 10.6 Å². The Morgan fingerprint density at radius 2 is 1.71 bits per heavy atom. The third kappa shape index (κ3) is 4.59. The molecular weight excluding hydrogens is 208 g/mol. The van der Waals surface area contributed by atoms with Crippen molar-refractivity contribution in [3.05, 3.63) is 0 Å². The van der Waals surface area contributed by atoms with Crippen LogP contribution in [0.2, 0.25) is 0 Å². The van der Waals surface area contributed by atoms with Gasteiger partial charge in [-0.2, -0.15) is 0 Å². The smallest absolute Gasteiger partial charge is 0.00696 e. The fourth-order valence-corrected chi connectivity index (χ4v) is 3.61. The summed E-state index contributed by atoms with van der Waals surface area (Å²) >= 11 is 0. The largest absolute Gasteiger partial charge is 0.314 e. The zero-order chi connectivity index (χ0) is 11.9. The van der Waals surface area contributed by atoms with Crippen LogP contribution in [0.5, 0.6) is 0 Å². The van der Waals surface area contributed by atoms with Gasteiger partial charge < -0.3 is 10.6 Å². The Bertz CT molecular complexity index is 199. The molecule has 100 valence electrons. The molecule has 0 amide bonds. The Kier molecular flexibility index (Phi) is 5.79. The maximum absolute atomic E-state index is 3.77. The van der Waals surface area contributed by atoms with Gasteiger partial charge in [-0.1, -0.05) is 26.2 Å². The van der Waals surface area contributed by atoms with E-state index in [-0.39, 0.29) is 0 Å². The van der Waals surface area contributed by atoms with E-state index in [1.54, 1.807) is 0 Å². The van der Waals surface area contributed by atoms with E-state index in [1.807, 2.05) is 0 Å². The number of hydrogen-bond acceptors (Lipinski definition) is 2. The van der Waals surface area contributed by atoms with Gasteiger partial charge in [0.05, 0.1) is 0 Å². The Morgan fingerprint density at radius 1 is 0.882 bits per heavy atom. The zero-order valence-corrected chi connectivity index (χ0v) is 11.5. The lowest BCUT2D eigenvalue weighted by atomic mass is 9.95. The van der Waals surface area contributed by atoms with Gasteiger partial charge in [0.15, 0.2) is 0 Å². The van der Waals surface area contributed by atoms with E-state index in [9.17, 15) is 0 Å². The van der Waals surface area contributed by atoms with Crippen molar-refractivity contribution < 1.29 is 0 Å². The highest BCUT2D eigenvalue weighted by Crippen LogP contribution is 2.28. The molecule has 2 fully saturated rings. The number of nitrogens with one attached hydrogen (secondary N) is 2. The lowest BCUT2D eigenvalue weighted by Gasteiger charge is -2.23. The van der Waals surface area contributed by atoms with Crippen molar-refractivity contribution >= 4 is 0 Å². The molecule has 2 aliphatic rings. The van der Waals surface area contributed by atoms with Gasteiger partial charge in [-0.15, -0.1) is 0 Å². The van der Waals surface area contributed by atoms with Crippen LogP contribution in [0, 0.1) is 5.92 Å². The van der Waals surface area contributed by atoms with Crippen LogP contribution in [0.15, 0.2) is 0 Å². The van der Waals surface area contributed by atoms with Gasteiger partial charge in [-0.3, -0.25) is 0 Å². The summed E-state index contributed by atoms with van der Waals surface area (Å²) in [5, 5.41) is 7.37. The summed E-state index contributed by atoms with van der Waals surface area (Å²) < 4.78 is 0. The van der Waals surface area contributed by atoms with Crippen LogP contribution in [-0.4, -0.2) is 25.2 Å². The first-order chi connectivity index (χ1) is 8.38. The summed E-state index contributed by atoms with van der Waals surface area (Å²) in [6, 6.07) is 1.66. The van der Waals surface area contributed by atoms with E-state index in [4.69, 9.17) is 0 Å². The van der Waals surface area contributed by atoms with Crippen molar-refractivity contribution in [2.24, 2.45) is 5.92 Å². The van der Waals surface area contributed by atoms with Gasteiger partial charge in [0, 0.05) is 12.1 Å². The van der Waals surface area contributed by atoms with Crippen molar-refractivity contribution in [3.63, 3.8) is 0 Å². The second-order valence-electron chi connectivity index (χ2n) is 6.01. The lowest BCUT2D eigenvalue weighted by Crippen LogP contribution is -2.32. The van der Waals surface area contributed by atoms with E-state index in [0.29, 0.717) is 0 Å². The second-order valence-corrected chi connectivity index (χ2v) is 6.01. The second kappa shape index (κ2) is 7.38. The Hall–Kier alpha value is -0.0800. The third-order valence-electron chi connectivity index (χ3n) is 4.62. The molecule has 0 aromatic carbocycles. The molecule has 0 aromatic heterocycles. The molecule has 0 bridgehead atoms. The predicted molar refractivity (Wildman–Crippen MR) is 74.3 cm³/mol. The van der Waals surface area contributed by atoms with Gasteiger partial charge in [-0.25, -0.2) is 0 Å². The summed E-state index contributed by atoms with van der Waals surface area (Å²) in [7, 11) is 0. The minimum Gasteiger partial charge on any atom is -0.314 e. The van der Waals surface area contributed by atoms with Crippen LogP contribution in [0.25, 0.3) is 0 Å². The van der Waals surface area contributed by atoms with Gasteiger partial charge in [0.25, 0.3) is 0 Å². The van der Waals surface area contributed by atoms with Crippen LogP contribution in [0.1, 0.15) is 64.7 Å². The molecule has 17 heavy (non-hydrogen) atoms. The molecule has 0 heterocycles. The highest BCUT2D eigenvalue weighted by molar-refractivity contribution is 4.81. The molecule has 0 aromatic rings. The third-order valence-corrected chi connectivity index (χ3v) is 4.62. The molecule has 0 saturated heterocycles. The first kappa shape index (κ1) is 13.4. The van der Waals surface area contributed by atoms with E-state index >= 15 is 0 Å². The summed E-state index contributed by atoms with van der Waals surface area (Å²) in [6.45, 7) is 4.61. The van der Waals surface area contributed by atoms with Crippen molar-refractivity contribution in [2.75, 3.05) is 13.1 Å². The van der Waals surface area contributed by atoms with Crippen LogP contribution >= 0.6 is 0 Å². The standard InChI is InChI=1S/C15H30N2/c1-2-16-15-9-8-13(12-15)10-11-17-14-6-4-3-5-7-14/h13-17H,2-12H2,1H3. The molecular formula is C15H30N2. The zero-order valence-electron chi connectivity index (χ0n) is 11.5. The molecule has 2 atom stereocenters. The molecule has 2 saturated carbocycles. The molecule has 2 N–H and O–H groups in total. The molecule has 0 aliphatic heterocycles. The van der Waals surface area contributed by atoms with Crippen molar-refractivity contribution in [2.45, 2.75) is 76.8 Å². The quantitative estimate of drug-likeness (QED) is 0.743. The Balaban J connectivity index is 1.53. The minimum atomic E-state index is 0.819. The predicted octanol–water partition coefficient (Wildman–Crippen LogP) is 3.08. The highest BCUT2D eigenvalue weighted by atomic mass is 14.9. The van der Waals surface area contributed by atoms with Crippen LogP contribution < -0.4 is 10.6 Å². The van der Waals surface area contributed by atoms with Gasteiger partial charge >= 0.3 is 0 Å². The Labute approximate surface area is 107 Å². The monoisotopic (exact) mass is 238 g/mol. The average Bonchev–Trinajstić information content (AvgIpc) is 2.79. The van der Waals surface area contributed by atoms with Gasteiger partial charge in [-0.05, 0) is 57.5 Å². The first-order valence-corrected chi connectivity index (χ1v) is 7.85. The molecule has 2 nitrogen and oxygen atoms in total. The first-order valence-electron chi connectivity index (χ1n) is 7.85. The normalized spacial score (nSPS) is 30.9. The molecule has 2 unspecified atom stereocenters. The maximum Gasteiger partial charge on any atom is 0.00696 e. The van der Waals surface area contributed by atoms with Gasteiger partial charge in [0.2, 0.25) is 0 Å². The number of hydrogen-bond donors (Lipinski definition) is 2. The van der Waals surface area contributed by atoms with Crippen LogP contribution in [0.3, 0.4) is 0 Å². The van der Waals surface area contributed by atoms with E-state index in [0.717, 1.165) is 24.5 Å². The molecule has 0 radical (unpaired) electrons. The summed E-state index contributed by atoms with van der Waals surface area (Å²) in [5.74, 6) is 0.982. The Morgan fingerprint density at radius 3 is 2.47 bits per heavy atom. The van der Waals surface area contributed by atoms with E-state index in [2.05, 4.69) is 17.6 Å². The number of rotatable bonds is 6. The van der Waals surface area contributed by atoms with Gasteiger partial charge in [0.1, 0.15) is 0 Å². The molecule has 2 aliphatic carbocycles. The van der Waals surface area contributed by atoms with E-state index < -0.39 is 0 Å². The minimum absolute atomic E-state index is 0.819. The average molecular weight is 238 g/mol. The van der Waals surface area contributed by atoms with Crippen molar-refractivity contribution in [3.8, 4) is 0 Å². The lowest BCUT2D eigenvalue weighted by molar-refractivity contribution is 0.355. The SMILES string of the molecule is CCNC1CCC(CCNC2CCCCC2)C1. The fraction of sp³-hybridized carbons (Fsp3) is 1.00. The van der Waals surface area contributed by atoms with Crippen LogP contribution in [0.4, 0.5) is 0 Å². The fourth-order valence-electron chi connectivity index (χ4n) is 3.61. The van der Waals surface area contributed by atoms with Crippen molar-refractivity contribution in [1.29, 1.82) is 0 Å². The summed E-state index contributed by atoms with van der Waals surface area (Å²) in [4.78, 5) is 0. The van der Waals surface area contributed by atoms with Crippen LogP contribution in [-0.2, 0) is 0 Å².